The number of rotatable bonds is 4. The zero-order valence-electron chi connectivity index (χ0n) is 8.40. The van der Waals surface area contributed by atoms with Crippen molar-refractivity contribution in [1.29, 1.82) is 0 Å². The van der Waals surface area contributed by atoms with Crippen LogP contribution >= 0.6 is 0 Å². The summed E-state index contributed by atoms with van der Waals surface area (Å²) in [6, 6.07) is 0.801. The van der Waals surface area contributed by atoms with Crippen LogP contribution in [0, 0.1) is 5.92 Å². The van der Waals surface area contributed by atoms with Crippen molar-refractivity contribution in [3.8, 4) is 0 Å². The van der Waals surface area contributed by atoms with Gasteiger partial charge < -0.3 is 10.6 Å². The van der Waals surface area contributed by atoms with Crippen molar-refractivity contribution in [1.82, 2.24) is 10.6 Å². The summed E-state index contributed by atoms with van der Waals surface area (Å²) >= 11 is 0. The van der Waals surface area contributed by atoms with E-state index in [0.29, 0.717) is 0 Å². The lowest BCUT2D eigenvalue weighted by Gasteiger charge is -2.26. The maximum absolute atomic E-state index is 3.58. The van der Waals surface area contributed by atoms with Gasteiger partial charge in [-0.15, -0.1) is 0 Å². The van der Waals surface area contributed by atoms with Crippen LogP contribution in [0.3, 0.4) is 0 Å². The molecule has 0 heterocycles. The predicted molar refractivity (Wildman–Crippen MR) is 53.3 cm³/mol. The largest absolute Gasteiger partial charge is 0.318 e. The SMILES string of the molecule is CNCCN[C@H]1CC[C@H](C)CC1. The van der Waals surface area contributed by atoms with Crippen molar-refractivity contribution < 1.29 is 0 Å². The Kier molecular flexibility index (Phi) is 4.62. The molecule has 0 aromatic heterocycles. The third kappa shape index (κ3) is 3.55. The van der Waals surface area contributed by atoms with Crippen molar-refractivity contribution in [3.63, 3.8) is 0 Å². The van der Waals surface area contributed by atoms with Crippen LogP contribution in [-0.2, 0) is 0 Å². The highest BCUT2D eigenvalue weighted by Crippen LogP contribution is 2.22. The normalized spacial score (nSPS) is 30.5. The Morgan fingerprint density at radius 3 is 2.33 bits per heavy atom. The van der Waals surface area contributed by atoms with E-state index >= 15 is 0 Å². The Labute approximate surface area is 76.1 Å². The minimum Gasteiger partial charge on any atom is -0.318 e. The van der Waals surface area contributed by atoms with E-state index in [9.17, 15) is 0 Å². The van der Waals surface area contributed by atoms with Gasteiger partial charge >= 0.3 is 0 Å². The van der Waals surface area contributed by atoms with Gasteiger partial charge in [-0.2, -0.15) is 0 Å². The van der Waals surface area contributed by atoms with Crippen molar-refractivity contribution in [2.24, 2.45) is 5.92 Å². The molecule has 0 aromatic rings. The van der Waals surface area contributed by atoms with Crippen LogP contribution in [0.4, 0.5) is 0 Å². The molecular weight excluding hydrogens is 148 g/mol. The van der Waals surface area contributed by atoms with E-state index in [-0.39, 0.29) is 0 Å². The Morgan fingerprint density at radius 1 is 1.08 bits per heavy atom. The Hall–Kier alpha value is -0.0800. The van der Waals surface area contributed by atoms with Crippen molar-refractivity contribution >= 4 is 0 Å². The van der Waals surface area contributed by atoms with Crippen molar-refractivity contribution in [2.45, 2.75) is 38.6 Å². The van der Waals surface area contributed by atoms with Gasteiger partial charge in [-0.3, -0.25) is 0 Å². The number of nitrogens with one attached hydrogen (secondary N) is 2. The monoisotopic (exact) mass is 170 g/mol. The van der Waals surface area contributed by atoms with E-state index in [0.717, 1.165) is 25.0 Å². The zero-order valence-corrected chi connectivity index (χ0v) is 8.40. The van der Waals surface area contributed by atoms with Crippen LogP contribution in [0.15, 0.2) is 0 Å². The van der Waals surface area contributed by atoms with Gasteiger partial charge in [0.05, 0.1) is 0 Å². The molecule has 0 atom stereocenters. The first kappa shape index (κ1) is 10.0. The van der Waals surface area contributed by atoms with Gasteiger partial charge in [0.25, 0.3) is 0 Å². The van der Waals surface area contributed by atoms with E-state index in [1.54, 1.807) is 0 Å². The molecule has 12 heavy (non-hydrogen) atoms. The molecule has 0 aliphatic heterocycles. The van der Waals surface area contributed by atoms with E-state index in [1.165, 1.54) is 25.7 Å². The molecule has 0 amide bonds. The topological polar surface area (TPSA) is 24.1 Å². The van der Waals surface area contributed by atoms with E-state index in [4.69, 9.17) is 0 Å². The quantitative estimate of drug-likeness (QED) is 0.623. The average molecular weight is 170 g/mol. The van der Waals surface area contributed by atoms with Crippen LogP contribution in [0.1, 0.15) is 32.6 Å². The minimum atomic E-state index is 0.801. The Morgan fingerprint density at radius 2 is 1.75 bits per heavy atom. The van der Waals surface area contributed by atoms with Crippen LogP contribution in [0.5, 0.6) is 0 Å². The molecule has 1 aliphatic rings. The van der Waals surface area contributed by atoms with Crippen LogP contribution in [0.2, 0.25) is 0 Å². The molecule has 1 fully saturated rings. The summed E-state index contributed by atoms with van der Waals surface area (Å²) < 4.78 is 0. The van der Waals surface area contributed by atoms with Crippen LogP contribution in [-0.4, -0.2) is 26.2 Å². The maximum Gasteiger partial charge on any atom is 0.00792 e. The summed E-state index contributed by atoms with van der Waals surface area (Å²) in [7, 11) is 2.00. The number of hydrogen-bond acceptors (Lipinski definition) is 2. The van der Waals surface area contributed by atoms with Gasteiger partial charge in [0.15, 0.2) is 0 Å². The van der Waals surface area contributed by atoms with Gasteiger partial charge in [-0.1, -0.05) is 6.92 Å². The van der Waals surface area contributed by atoms with E-state index in [1.807, 2.05) is 7.05 Å². The summed E-state index contributed by atoms with van der Waals surface area (Å²) in [6.07, 6.45) is 5.59. The molecule has 0 unspecified atom stereocenters. The molecule has 0 radical (unpaired) electrons. The molecule has 0 aromatic carbocycles. The van der Waals surface area contributed by atoms with E-state index in [2.05, 4.69) is 17.6 Å². The highest BCUT2D eigenvalue weighted by molar-refractivity contribution is 4.75. The van der Waals surface area contributed by atoms with Crippen LogP contribution in [0.25, 0.3) is 0 Å². The smallest absolute Gasteiger partial charge is 0.00792 e. The minimum absolute atomic E-state index is 0.801. The summed E-state index contributed by atoms with van der Waals surface area (Å²) in [5, 5.41) is 6.73. The average Bonchev–Trinajstić information content (AvgIpc) is 2.09. The van der Waals surface area contributed by atoms with Crippen LogP contribution < -0.4 is 10.6 Å². The molecule has 2 heteroatoms. The molecule has 2 N–H and O–H groups in total. The van der Waals surface area contributed by atoms with Gasteiger partial charge in [0.1, 0.15) is 0 Å². The fraction of sp³-hybridized carbons (Fsp3) is 1.00. The molecule has 1 rings (SSSR count). The molecule has 0 saturated heterocycles. The second kappa shape index (κ2) is 5.55. The maximum atomic E-state index is 3.58. The first-order valence-corrected chi connectivity index (χ1v) is 5.21. The summed E-state index contributed by atoms with van der Waals surface area (Å²) in [6.45, 7) is 4.57. The Balaban J connectivity index is 2.01. The highest BCUT2D eigenvalue weighted by atomic mass is 14.9. The summed E-state index contributed by atoms with van der Waals surface area (Å²) in [5.74, 6) is 0.965. The Bertz CT molecular complexity index is 106. The standard InChI is InChI=1S/C10H22N2/c1-9-3-5-10(6-4-9)12-8-7-11-2/h9-12H,3-8H2,1-2H3/t9-,10-. The molecular formula is C10H22N2. The second-order valence-corrected chi connectivity index (χ2v) is 4.01. The third-order valence-electron chi connectivity index (χ3n) is 2.82. The fourth-order valence-electron chi connectivity index (χ4n) is 1.87. The molecule has 0 spiro atoms. The number of hydrogen-bond donors (Lipinski definition) is 2. The van der Waals surface area contributed by atoms with E-state index < -0.39 is 0 Å². The molecule has 1 aliphatic carbocycles. The lowest BCUT2D eigenvalue weighted by atomic mass is 9.87. The lowest BCUT2D eigenvalue weighted by molar-refractivity contribution is 0.308. The van der Waals surface area contributed by atoms with Gasteiger partial charge in [0, 0.05) is 19.1 Å². The predicted octanol–water partition coefficient (Wildman–Crippen LogP) is 1.37. The molecule has 1 saturated carbocycles. The van der Waals surface area contributed by atoms with Gasteiger partial charge in [-0.25, -0.2) is 0 Å². The first-order chi connectivity index (χ1) is 5.83. The number of likely N-dealkylation sites (N-methyl/N-ethyl adjacent to an activating group) is 1. The molecule has 72 valence electrons. The fourth-order valence-corrected chi connectivity index (χ4v) is 1.87. The molecule has 2 nitrogen and oxygen atoms in total. The zero-order chi connectivity index (χ0) is 8.81. The first-order valence-electron chi connectivity index (χ1n) is 5.21. The highest BCUT2D eigenvalue weighted by Gasteiger charge is 2.16. The molecule has 0 bridgehead atoms. The van der Waals surface area contributed by atoms with Gasteiger partial charge in [0.2, 0.25) is 0 Å². The summed E-state index contributed by atoms with van der Waals surface area (Å²) in [4.78, 5) is 0. The van der Waals surface area contributed by atoms with Crippen molar-refractivity contribution in [2.75, 3.05) is 20.1 Å². The lowest BCUT2D eigenvalue weighted by Crippen LogP contribution is -2.36. The van der Waals surface area contributed by atoms with Crippen molar-refractivity contribution in [3.05, 3.63) is 0 Å². The van der Waals surface area contributed by atoms with Gasteiger partial charge in [-0.05, 0) is 38.6 Å². The second-order valence-electron chi connectivity index (χ2n) is 4.01. The third-order valence-corrected chi connectivity index (χ3v) is 2.82. The summed E-state index contributed by atoms with van der Waals surface area (Å²) in [5.41, 5.74) is 0.